The van der Waals surface area contributed by atoms with Crippen molar-refractivity contribution in [1.29, 1.82) is 0 Å². The number of para-hydroxylation sites is 1. The number of piperazine rings is 1. The van der Waals surface area contributed by atoms with E-state index in [-0.39, 0.29) is 18.4 Å². The van der Waals surface area contributed by atoms with Crippen LogP contribution in [0.4, 0.5) is 0 Å². The van der Waals surface area contributed by atoms with Gasteiger partial charge in [0, 0.05) is 31.7 Å². The van der Waals surface area contributed by atoms with Gasteiger partial charge >= 0.3 is 0 Å². The molecule has 0 N–H and O–H groups in total. The van der Waals surface area contributed by atoms with Gasteiger partial charge in [0.25, 0.3) is 11.8 Å². The summed E-state index contributed by atoms with van der Waals surface area (Å²) in [6.07, 6.45) is 3.37. The average molecular weight is 364 g/mol. The Balaban J connectivity index is 1.29. The summed E-state index contributed by atoms with van der Waals surface area (Å²) >= 11 is 0. The second-order valence-corrected chi connectivity index (χ2v) is 7.11. The lowest BCUT2D eigenvalue weighted by Gasteiger charge is -2.34. The molecule has 0 atom stereocenters. The van der Waals surface area contributed by atoms with Crippen LogP contribution in [0.15, 0.2) is 48.5 Å². The summed E-state index contributed by atoms with van der Waals surface area (Å²) in [5.41, 5.74) is 3.45. The van der Waals surface area contributed by atoms with Gasteiger partial charge in [0.1, 0.15) is 5.75 Å². The maximum absolute atomic E-state index is 12.8. The van der Waals surface area contributed by atoms with Gasteiger partial charge in [-0.05, 0) is 54.7 Å². The molecule has 0 spiro atoms. The van der Waals surface area contributed by atoms with Crippen LogP contribution in [0.3, 0.4) is 0 Å². The zero-order chi connectivity index (χ0) is 18.6. The molecule has 2 amide bonds. The quantitative estimate of drug-likeness (QED) is 0.838. The molecule has 2 aliphatic rings. The van der Waals surface area contributed by atoms with Crippen LogP contribution in [0, 0.1) is 0 Å². The standard InChI is InChI=1S/C22H24N2O3/c25-21(16-27-20-7-2-1-3-8-20)23-11-13-24(14-12-23)22(26)19-10-9-17-5-4-6-18(17)15-19/h1-3,7-10,15H,4-6,11-14,16H2. The van der Waals surface area contributed by atoms with Gasteiger partial charge in [0.2, 0.25) is 0 Å². The summed E-state index contributed by atoms with van der Waals surface area (Å²) in [5, 5.41) is 0. The molecule has 4 rings (SSSR count). The van der Waals surface area contributed by atoms with Gasteiger partial charge in [-0.3, -0.25) is 9.59 Å². The van der Waals surface area contributed by atoms with Crippen molar-refractivity contribution < 1.29 is 14.3 Å². The van der Waals surface area contributed by atoms with Gasteiger partial charge in [0.05, 0.1) is 0 Å². The van der Waals surface area contributed by atoms with Crippen molar-refractivity contribution >= 4 is 11.8 Å². The van der Waals surface area contributed by atoms with E-state index in [4.69, 9.17) is 4.74 Å². The molecule has 5 nitrogen and oxygen atoms in total. The van der Waals surface area contributed by atoms with Crippen LogP contribution in [0.1, 0.15) is 27.9 Å². The number of aryl methyl sites for hydroxylation is 2. The fourth-order valence-electron chi connectivity index (χ4n) is 3.80. The number of rotatable bonds is 4. The number of carbonyl (C=O) groups is 2. The number of benzene rings is 2. The molecule has 2 aromatic rings. The van der Waals surface area contributed by atoms with E-state index in [1.54, 1.807) is 4.90 Å². The van der Waals surface area contributed by atoms with Crippen molar-refractivity contribution in [2.45, 2.75) is 19.3 Å². The summed E-state index contributed by atoms with van der Waals surface area (Å²) in [5.74, 6) is 0.720. The van der Waals surface area contributed by atoms with Gasteiger partial charge in [0.15, 0.2) is 6.61 Å². The first-order valence-electron chi connectivity index (χ1n) is 9.57. The van der Waals surface area contributed by atoms with Crippen molar-refractivity contribution in [2.75, 3.05) is 32.8 Å². The minimum absolute atomic E-state index is 0.0305. The van der Waals surface area contributed by atoms with E-state index in [9.17, 15) is 9.59 Å². The first-order valence-corrected chi connectivity index (χ1v) is 9.57. The summed E-state index contributed by atoms with van der Waals surface area (Å²) in [4.78, 5) is 28.7. The van der Waals surface area contributed by atoms with Gasteiger partial charge in [-0.25, -0.2) is 0 Å². The van der Waals surface area contributed by atoms with Crippen molar-refractivity contribution in [3.05, 3.63) is 65.2 Å². The van der Waals surface area contributed by atoms with Crippen molar-refractivity contribution in [3.8, 4) is 5.75 Å². The molecule has 1 heterocycles. The van der Waals surface area contributed by atoms with Crippen LogP contribution in [-0.2, 0) is 17.6 Å². The first kappa shape index (κ1) is 17.6. The molecule has 5 heteroatoms. The summed E-state index contributed by atoms with van der Waals surface area (Å²) in [6.45, 7) is 2.25. The van der Waals surface area contributed by atoms with Crippen LogP contribution in [-0.4, -0.2) is 54.4 Å². The molecule has 140 valence electrons. The van der Waals surface area contributed by atoms with E-state index in [0.717, 1.165) is 18.4 Å². The number of hydrogen-bond acceptors (Lipinski definition) is 3. The second kappa shape index (κ2) is 7.82. The molecule has 0 unspecified atom stereocenters. The summed E-state index contributed by atoms with van der Waals surface area (Å²) in [6, 6.07) is 15.4. The third-order valence-electron chi connectivity index (χ3n) is 5.37. The Morgan fingerprint density at radius 2 is 1.56 bits per heavy atom. The zero-order valence-electron chi connectivity index (χ0n) is 15.4. The Hall–Kier alpha value is -2.82. The van der Waals surface area contributed by atoms with Crippen molar-refractivity contribution in [3.63, 3.8) is 0 Å². The third-order valence-corrected chi connectivity index (χ3v) is 5.37. The molecule has 0 saturated carbocycles. The normalized spacial score (nSPS) is 16.1. The van der Waals surface area contributed by atoms with Gasteiger partial charge in [-0.1, -0.05) is 24.3 Å². The van der Waals surface area contributed by atoms with E-state index in [2.05, 4.69) is 12.1 Å². The highest BCUT2D eigenvalue weighted by molar-refractivity contribution is 5.94. The topological polar surface area (TPSA) is 49.9 Å². The molecule has 2 aromatic carbocycles. The van der Waals surface area contributed by atoms with Crippen LogP contribution in [0.25, 0.3) is 0 Å². The summed E-state index contributed by atoms with van der Waals surface area (Å²) < 4.78 is 5.54. The minimum atomic E-state index is -0.0384. The number of ether oxygens (including phenoxy) is 1. The zero-order valence-corrected chi connectivity index (χ0v) is 15.4. The molecule has 0 aromatic heterocycles. The second-order valence-electron chi connectivity index (χ2n) is 7.11. The predicted molar refractivity (Wildman–Crippen MR) is 103 cm³/mol. The Morgan fingerprint density at radius 3 is 2.33 bits per heavy atom. The fraction of sp³-hybridized carbons (Fsp3) is 0.364. The number of amides is 2. The van der Waals surface area contributed by atoms with Gasteiger partial charge < -0.3 is 14.5 Å². The Bertz CT molecular complexity index is 827. The van der Waals surface area contributed by atoms with E-state index in [1.165, 1.54) is 17.5 Å². The Morgan fingerprint density at radius 1 is 0.852 bits per heavy atom. The van der Waals surface area contributed by atoms with E-state index < -0.39 is 0 Å². The highest BCUT2D eigenvalue weighted by atomic mass is 16.5. The largest absolute Gasteiger partial charge is 0.484 e. The maximum Gasteiger partial charge on any atom is 0.260 e. The molecular weight excluding hydrogens is 340 g/mol. The smallest absolute Gasteiger partial charge is 0.260 e. The molecule has 1 aliphatic heterocycles. The Labute approximate surface area is 159 Å². The van der Waals surface area contributed by atoms with E-state index >= 15 is 0 Å². The SMILES string of the molecule is O=C(COc1ccccc1)N1CCN(C(=O)c2ccc3c(c2)CCC3)CC1. The highest BCUT2D eigenvalue weighted by Gasteiger charge is 2.25. The van der Waals surface area contributed by atoms with Crippen LogP contribution >= 0.6 is 0 Å². The first-order chi connectivity index (χ1) is 13.2. The molecular formula is C22H24N2O3. The molecule has 0 bridgehead atoms. The molecule has 0 radical (unpaired) electrons. The van der Waals surface area contributed by atoms with Crippen LogP contribution in [0.2, 0.25) is 0 Å². The predicted octanol–water partition coefficient (Wildman–Crippen LogP) is 2.54. The lowest BCUT2D eigenvalue weighted by atomic mass is 10.1. The number of hydrogen-bond donors (Lipinski definition) is 0. The third kappa shape index (κ3) is 3.97. The lowest BCUT2D eigenvalue weighted by Crippen LogP contribution is -2.51. The van der Waals surface area contributed by atoms with Crippen molar-refractivity contribution in [1.82, 2.24) is 9.80 Å². The molecule has 1 aliphatic carbocycles. The molecule has 1 saturated heterocycles. The van der Waals surface area contributed by atoms with E-state index in [1.807, 2.05) is 41.3 Å². The Kier molecular flexibility index (Phi) is 5.10. The number of fused-ring (bicyclic) bond motifs is 1. The number of nitrogens with zero attached hydrogens (tertiary/aromatic N) is 2. The molecule has 1 fully saturated rings. The van der Waals surface area contributed by atoms with Crippen molar-refractivity contribution in [2.24, 2.45) is 0 Å². The lowest BCUT2D eigenvalue weighted by molar-refractivity contribution is -0.134. The van der Waals surface area contributed by atoms with Gasteiger partial charge in [-0.15, -0.1) is 0 Å². The van der Waals surface area contributed by atoms with Gasteiger partial charge in [-0.2, -0.15) is 0 Å². The maximum atomic E-state index is 12.8. The van der Waals surface area contributed by atoms with Crippen LogP contribution in [0.5, 0.6) is 5.75 Å². The highest BCUT2D eigenvalue weighted by Crippen LogP contribution is 2.23. The average Bonchev–Trinajstić information content (AvgIpc) is 3.20. The summed E-state index contributed by atoms with van der Waals surface area (Å²) in [7, 11) is 0. The minimum Gasteiger partial charge on any atom is -0.484 e. The van der Waals surface area contributed by atoms with Crippen LogP contribution < -0.4 is 4.74 Å². The number of carbonyl (C=O) groups excluding carboxylic acids is 2. The monoisotopic (exact) mass is 364 g/mol. The van der Waals surface area contributed by atoms with E-state index in [0.29, 0.717) is 31.9 Å². The molecule has 27 heavy (non-hydrogen) atoms. The fourth-order valence-corrected chi connectivity index (χ4v) is 3.80.